The van der Waals surface area contributed by atoms with E-state index in [-0.39, 0.29) is 11.7 Å². The molecule has 4 heteroatoms. The first-order chi connectivity index (χ1) is 9.06. The first kappa shape index (κ1) is 13.1. The van der Waals surface area contributed by atoms with Gasteiger partial charge >= 0.3 is 0 Å². The summed E-state index contributed by atoms with van der Waals surface area (Å²) in [5, 5.41) is 12.1. The van der Waals surface area contributed by atoms with Gasteiger partial charge in [-0.05, 0) is 49.7 Å². The van der Waals surface area contributed by atoms with Gasteiger partial charge in [-0.25, -0.2) is 0 Å². The van der Waals surface area contributed by atoms with E-state index in [2.05, 4.69) is 10.3 Å². The molecule has 0 aliphatic heterocycles. The molecule has 0 atom stereocenters. The van der Waals surface area contributed by atoms with Crippen molar-refractivity contribution in [1.82, 2.24) is 10.3 Å². The molecule has 0 unspecified atom stereocenters. The lowest BCUT2D eigenvalue weighted by atomic mass is 10.1. The summed E-state index contributed by atoms with van der Waals surface area (Å²) < 4.78 is 0. The van der Waals surface area contributed by atoms with E-state index in [0.717, 1.165) is 17.0 Å². The van der Waals surface area contributed by atoms with Gasteiger partial charge in [0.25, 0.3) is 5.91 Å². The number of carbonyl (C=O) groups is 1. The molecule has 0 fully saturated rings. The molecule has 0 aliphatic carbocycles. The fraction of sp³-hybridized carbons (Fsp3) is 0.200. The van der Waals surface area contributed by atoms with E-state index in [4.69, 9.17) is 0 Å². The Labute approximate surface area is 112 Å². The molecule has 1 aromatic carbocycles. The van der Waals surface area contributed by atoms with E-state index in [1.54, 1.807) is 19.1 Å². The van der Waals surface area contributed by atoms with E-state index in [1.165, 1.54) is 6.07 Å². The van der Waals surface area contributed by atoms with Crippen LogP contribution in [0.3, 0.4) is 0 Å². The number of aryl methyl sites for hydroxylation is 2. The lowest BCUT2D eigenvalue weighted by Crippen LogP contribution is -2.24. The summed E-state index contributed by atoms with van der Waals surface area (Å²) in [5.74, 6) is -0.00444. The largest absolute Gasteiger partial charge is 0.508 e. The predicted octanol–water partition coefficient (Wildman–Crippen LogP) is 2.33. The highest BCUT2D eigenvalue weighted by Crippen LogP contribution is 2.15. The van der Waals surface area contributed by atoms with Gasteiger partial charge in [0, 0.05) is 11.3 Å². The average molecular weight is 256 g/mol. The Hall–Kier alpha value is -2.36. The number of pyridine rings is 1. The number of aromatic nitrogens is 1. The van der Waals surface area contributed by atoms with Crippen molar-refractivity contribution in [2.75, 3.05) is 0 Å². The summed E-state index contributed by atoms with van der Waals surface area (Å²) in [6.07, 6.45) is 0. The Morgan fingerprint density at radius 3 is 2.74 bits per heavy atom. The Morgan fingerprint density at radius 1 is 1.26 bits per heavy atom. The van der Waals surface area contributed by atoms with Crippen LogP contribution in [0.1, 0.15) is 27.3 Å². The standard InChI is InChI=1S/C15H16N2O2/c1-10-8-13(18)6-7-14(10)15(19)16-9-12-5-3-4-11(2)17-12/h3-8,18H,9H2,1-2H3,(H,16,19). The summed E-state index contributed by atoms with van der Waals surface area (Å²) in [4.78, 5) is 16.3. The van der Waals surface area contributed by atoms with Crippen molar-refractivity contribution in [3.8, 4) is 5.75 Å². The van der Waals surface area contributed by atoms with Crippen LogP contribution in [0.5, 0.6) is 5.75 Å². The second-order valence-corrected chi connectivity index (χ2v) is 4.45. The third-order valence-corrected chi connectivity index (χ3v) is 2.83. The lowest BCUT2D eigenvalue weighted by molar-refractivity contribution is 0.0950. The van der Waals surface area contributed by atoms with E-state index in [1.807, 2.05) is 25.1 Å². The molecular formula is C15H16N2O2. The monoisotopic (exact) mass is 256 g/mol. The van der Waals surface area contributed by atoms with Crippen LogP contribution < -0.4 is 5.32 Å². The number of phenols is 1. The molecule has 19 heavy (non-hydrogen) atoms. The number of hydrogen-bond acceptors (Lipinski definition) is 3. The maximum Gasteiger partial charge on any atom is 0.251 e. The number of benzene rings is 1. The van der Waals surface area contributed by atoms with Gasteiger partial charge in [0.15, 0.2) is 0 Å². The minimum Gasteiger partial charge on any atom is -0.508 e. The summed E-state index contributed by atoms with van der Waals surface area (Å²) >= 11 is 0. The molecule has 1 amide bonds. The topological polar surface area (TPSA) is 62.2 Å². The Kier molecular flexibility index (Phi) is 3.80. The van der Waals surface area contributed by atoms with Crippen LogP contribution >= 0.6 is 0 Å². The smallest absolute Gasteiger partial charge is 0.251 e. The number of hydrogen-bond donors (Lipinski definition) is 2. The molecule has 4 nitrogen and oxygen atoms in total. The van der Waals surface area contributed by atoms with Crippen molar-refractivity contribution < 1.29 is 9.90 Å². The maximum atomic E-state index is 12.0. The summed E-state index contributed by atoms with van der Waals surface area (Å²) in [5.41, 5.74) is 3.05. The molecule has 2 rings (SSSR count). The van der Waals surface area contributed by atoms with Crippen LogP contribution in [-0.4, -0.2) is 16.0 Å². The minimum absolute atomic E-state index is 0.161. The van der Waals surface area contributed by atoms with E-state index < -0.39 is 0 Å². The Bertz CT molecular complexity index is 609. The zero-order valence-corrected chi connectivity index (χ0v) is 11.0. The van der Waals surface area contributed by atoms with Gasteiger partial charge in [-0.1, -0.05) is 6.07 Å². The van der Waals surface area contributed by atoms with Crippen molar-refractivity contribution >= 4 is 5.91 Å². The van der Waals surface area contributed by atoms with Crippen molar-refractivity contribution in [3.63, 3.8) is 0 Å². The molecule has 2 aromatic rings. The second-order valence-electron chi connectivity index (χ2n) is 4.45. The number of nitrogens with one attached hydrogen (secondary N) is 1. The fourth-order valence-corrected chi connectivity index (χ4v) is 1.87. The number of rotatable bonds is 3. The average Bonchev–Trinajstić information content (AvgIpc) is 2.36. The van der Waals surface area contributed by atoms with Crippen LogP contribution in [0.15, 0.2) is 36.4 Å². The molecule has 98 valence electrons. The van der Waals surface area contributed by atoms with E-state index in [9.17, 15) is 9.90 Å². The van der Waals surface area contributed by atoms with Gasteiger partial charge in [-0.15, -0.1) is 0 Å². The zero-order valence-electron chi connectivity index (χ0n) is 11.0. The molecule has 0 aliphatic rings. The Balaban J connectivity index is 2.05. The molecular weight excluding hydrogens is 240 g/mol. The predicted molar refractivity (Wildman–Crippen MR) is 73.0 cm³/mol. The number of carbonyl (C=O) groups excluding carboxylic acids is 1. The second kappa shape index (κ2) is 5.52. The van der Waals surface area contributed by atoms with Gasteiger partial charge in [-0.3, -0.25) is 9.78 Å². The normalized spacial score (nSPS) is 10.2. The highest BCUT2D eigenvalue weighted by molar-refractivity contribution is 5.95. The first-order valence-electron chi connectivity index (χ1n) is 6.06. The molecule has 2 N–H and O–H groups in total. The third kappa shape index (κ3) is 3.31. The number of phenolic OH excluding ortho intramolecular Hbond substituents is 1. The quantitative estimate of drug-likeness (QED) is 0.886. The molecule has 0 saturated carbocycles. The molecule has 0 spiro atoms. The van der Waals surface area contributed by atoms with Gasteiger partial charge in [0.1, 0.15) is 5.75 Å². The lowest BCUT2D eigenvalue weighted by Gasteiger charge is -2.08. The van der Waals surface area contributed by atoms with Gasteiger partial charge in [0.05, 0.1) is 12.2 Å². The highest BCUT2D eigenvalue weighted by atomic mass is 16.3. The molecule has 0 bridgehead atoms. The zero-order chi connectivity index (χ0) is 13.8. The van der Waals surface area contributed by atoms with E-state index in [0.29, 0.717) is 12.1 Å². The highest BCUT2D eigenvalue weighted by Gasteiger charge is 2.09. The fourth-order valence-electron chi connectivity index (χ4n) is 1.87. The van der Waals surface area contributed by atoms with Crippen molar-refractivity contribution in [3.05, 3.63) is 58.9 Å². The summed E-state index contributed by atoms with van der Waals surface area (Å²) in [6, 6.07) is 10.4. The van der Waals surface area contributed by atoms with Gasteiger partial charge < -0.3 is 10.4 Å². The van der Waals surface area contributed by atoms with Gasteiger partial charge in [0.2, 0.25) is 0 Å². The van der Waals surface area contributed by atoms with Crippen LogP contribution in [0, 0.1) is 13.8 Å². The molecule has 0 radical (unpaired) electrons. The van der Waals surface area contributed by atoms with Crippen molar-refractivity contribution in [2.45, 2.75) is 20.4 Å². The van der Waals surface area contributed by atoms with Crippen molar-refractivity contribution in [2.24, 2.45) is 0 Å². The number of nitrogens with zero attached hydrogens (tertiary/aromatic N) is 1. The van der Waals surface area contributed by atoms with Crippen molar-refractivity contribution in [1.29, 1.82) is 0 Å². The van der Waals surface area contributed by atoms with Crippen LogP contribution in [-0.2, 0) is 6.54 Å². The SMILES string of the molecule is Cc1cccc(CNC(=O)c2ccc(O)cc2C)n1. The van der Waals surface area contributed by atoms with Crippen LogP contribution in [0.2, 0.25) is 0 Å². The summed E-state index contributed by atoms with van der Waals surface area (Å²) in [7, 11) is 0. The summed E-state index contributed by atoms with van der Waals surface area (Å²) in [6.45, 7) is 4.09. The molecule has 0 saturated heterocycles. The molecule has 1 aromatic heterocycles. The first-order valence-corrected chi connectivity index (χ1v) is 6.06. The molecule has 1 heterocycles. The number of aromatic hydroxyl groups is 1. The van der Waals surface area contributed by atoms with E-state index >= 15 is 0 Å². The van der Waals surface area contributed by atoms with Crippen LogP contribution in [0.4, 0.5) is 0 Å². The third-order valence-electron chi connectivity index (χ3n) is 2.83. The minimum atomic E-state index is -0.166. The number of amides is 1. The Morgan fingerprint density at radius 2 is 2.05 bits per heavy atom. The van der Waals surface area contributed by atoms with Crippen LogP contribution in [0.25, 0.3) is 0 Å². The maximum absolute atomic E-state index is 12.0. The van der Waals surface area contributed by atoms with Gasteiger partial charge in [-0.2, -0.15) is 0 Å².